The lowest BCUT2D eigenvalue weighted by Gasteiger charge is -2.48. The fourth-order valence-electron chi connectivity index (χ4n) is 5.15. The number of nitrogens with zero attached hydrogens (tertiary/aromatic N) is 1. The molecule has 1 fully saturated rings. The largest absolute Gasteiger partial charge is 0.493 e. The van der Waals surface area contributed by atoms with Gasteiger partial charge in [0.25, 0.3) is 0 Å². The first-order chi connectivity index (χ1) is 14.1. The van der Waals surface area contributed by atoms with Crippen molar-refractivity contribution >= 4 is 6.08 Å². The summed E-state index contributed by atoms with van der Waals surface area (Å²) in [5.41, 5.74) is 3.67. The Balaban J connectivity index is 2.08. The Bertz CT molecular complexity index is 815. The summed E-state index contributed by atoms with van der Waals surface area (Å²) in [4.78, 5) is 2.41. The molecule has 29 heavy (non-hydrogen) atoms. The molecule has 2 aromatic rings. The molecule has 1 aliphatic carbocycles. The van der Waals surface area contributed by atoms with E-state index in [4.69, 9.17) is 9.47 Å². The molecule has 0 saturated heterocycles. The maximum atomic E-state index is 6.34. The summed E-state index contributed by atoms with van der Waals surface area (Å²) < 4.78 is 12.0. The van der Waals surface area contributed by atoms with Gasteiger partial charge in [-0.05, 0) is 50.6 Å². The lowest BCUT2D eigenvalue weighted by Crippen LogP contribution is -2.50. The highest BCUT2D eigenvalue weighted by Gasteiger charge is 2.43. The summed E-state index contributed by atoms with van der Waals surface area (Å²) in [5, 5.41) is 0. The van der Waals surface area contributed by atoms with E-state index in [0.29, 0.717) is 12.6 Å². The predicted octanol–water partition coefficient (Wildman–Crippen LogP) is 6.07. The molecule has 156 valence electrons. The van der Waals surface area contributed by atoms with Crippen molar-refractivity contribution in [3.63, 3.8) is 0 Å². The van der Waals surface area contributed by atoms with Crippen LogP contribution in [0.5, 0.6) is 11.5 Å². The van der Waals surface area contributed by atoms with Gasteiger partial charge in [0.05, 0.1) is 7.11 Å². The van der Waals surface area contributed by atoms with Crippen molar-refractivity contribution in [2.75, 3.05) is 21.2 Å². The van der Waals surface area contributed by atoms with E-state index in [-0.39, 0.29) is 5.41 Å². The molecule has 0 spiro atoms. The zero-order chi connectivity index (χ0) is 20.9. The van der Waals surface area contributed by atoms with E-state index in [0.717, 1.165) is 29.0 Å². The zero-order valence-corrected chi connectivity index (χ0v) is 18.4. The van der Waals surface area contributed by atoms with Crippen LogP contribution in [-0.2, 0) is 12.0 Å². The van der Waals surface area contributed by atoms with Crippen molar-refractivity contribution in [2.24, 2.45) is 0 Å². The van der Waals surface area contributed by atoms with Crippen molar-refractivity contribution in [2.45, 2.75) is 57.1 Å². The van der Waals surface area contributed by atoms with Crippen molar-refractivity contribution in [1.29, 1.82) is 0 Å². The molecule has 0 radical (unpaired) electrons. The van der Waals surface area contributed by atoms with E-state index >= 15 is 0 Å². The van der Waals surface area contributed by atoms with E-state index in [2.05, 4.69) is 56.8 Å². The van der Waals surface area contributed by atoms with Crippen LogP contribution < -0.4 is 9.47 Å². The van der Waals surface area contributed by atoms with Crippen molar-refractivity contribution < 1.29 is 9.47 Å². The van der Waals surface area contributed by atoms with E-state index in [1.807, 2.05) is 24.3 Å². The second-order valence-corrected chi connectivity index (χ2v) is 8.27. The summed E-state index contributed by atoms with van der Waals surface area (Å²) in [6, 6.07) is 15.1. The number of benzene rings is 2. The number of hydrogen-bond acceptors (Lipinski definition) is 3. The van der Waals surface area contributed by atoms with Crippen molar-refractivity contribution in [3.8, 4) is 11.5 Å². The standard InChI is InChI=1S/C26H35NO2/c1-6-21-22(26(7-2)18-12-11-15-24(26)27(3)4)16-17-23(28-5)25(21)29-19-20-13-9-8-10-14-20/h6,8-10,13-14,16-17,24H,1,7,11-12,15,18-19H2,2-5H3/t24?,26-/m1/s1. The Hall–Kier alpha value is -2.26. The SMILES string of the molecule is C=Cc1c([C@@]2(CC)CCCCC2N(C)C)ccc(OC)c1OCc1ccccc1. The average Bonchev–Trinajstić information content (AvgIpc) is 2.77. The van der Waals surface area contributed by atoms with Gasteiger partial charge in [0.2, 0.25) is 0 Å². The molecule has 3 nitrogen and oxygen atoms in total. The van der Waals surface area contributed by atoms with Crippen LogP contribution >= 0.6 is 0 Å². The number of rotatable bonds is 8. The molecule has 2 aromatic carbocycles. The molecule has 1 unspecified atom stereocenters. The Kier molecular flexibility index (Phi) is 7.02. The van der Waals surface area contributed by atoms with E-state index < -0.39 is 0 Å². The Labute approximate surface area is 176 Å². The van der Waals surface area contributed by atoms with Crippen LogP contribution in [0.2, 0.25) is 0 Å². The molecule has 0 N–H and O–H groups in total. The van der Waals surface area contributed by atoms with Crippen molar-refractivity contribution in [3.05, 3.63) is 65.7 Å². The van der Waals surface area contributed by atoms with Crippen LogP contribution in [0.4, 0.5) is 0 Å². The van der Waals surface area contributed by atoms with E-state index in [1.54, 1.807) is 7.11 Å². The molecule has 1 saturated carbocycles. The summed E-state index contributed by atoms with van der Waals surface area (Å²) in [6.07, 6.45) is 8.03. The Morgan fingerprint density at radius 2 is 1.90 bits per heavy atom. The molecule has 3 heteroatoms. The quantitative estimate of drug-likeness (QED) is 0.543. The Morgan fingerprint density at radius 3 is 2.52 bits per heavy atom. The van der Waals surface area contributed by atoms with Crippen molar-refractivity contribution in [1.82, 2.24) is 4.90 Å². The maximum absolute atomic E-state index is 6.34. The molecule has 0 aromatic heterocycles. The van der Waals surface area contributed by atoms with E-state index in [9.17, 15) is 0 Å². The molecule has 3 rings (SSSR count). The molecular weight excluding hydrogens is 358 g/mol. The fourth-order valence-corrected chi connectivity index (χ4v) is 5.15. The van der Waals surface area contributed by atoms with Gasteiger partial charge in [0, 0.05) is 17.0 Å². The third-order valence-electron chi connectivity index (χ3n) is 6.59. The smallest absolute Gasteiger partial charge is 0.169 e. The molecule has 0 bridgehead atoms. The maximum Gasteiger partial charge on any atom is 0.169 e. The summed E-state index contributed by atoms with van der Waals surface area (Å²) in [5.74, 6) is 1.57. The van der Waals surface area contributed by atoms with Crippen LogP contribution in [0.25, 0.3) is 6.08 Å². The van der Waals surface area contributed by atoms with Gasteiger partial charge in [-0.15, -0.1) is 0 Å². The summed E-state index contributed by atoms with van der Waals surface area (Å²) in [7, 11) is 6.13. The van der Waals surface area contributed by atoms with Crippen LogP contribution in [0, 0.1) is 0 Å². The van der Waals surface area contributed by atoms with Gasteiger partial charge in [0.1, 0.15) is 6.61 Å². The first-order valence-corrected chi connectivity index (χ1v) is 10.7. The lowest BCUT2D eigenvalue weighted by atomic mass is 9.63. The second kappa shape index (κ2) is 9.49. The summed E-state index contributed by atoms with van der Waals surface area (Å²) >= 11 is 0. The zero-order valence-electron chi connectivity index (χ0n) is 18.4. The number of methoxy groups -OCH3 is 1. The van der Waals surface area contributed by atoms with E-state index in [1.165, 1.54) is 31.2 Å². The van der Waals surface area contributed by atoms with Gasteiger partial charge in [-0.2, -0.15) is 0 Å². The third-order valence-corrected chi connectivity index (χ3v) is 6.59. The normalized spacial score (nSPS) is 21.8. The second-order valence-electron chi connectivity index (χ2n) is 8.27. The average molecular weight is 394 g/mol. The fraction of sp³-hybridized carbons (Fsp3) is 0.462. The van der Waals surface area contributed by atoms with Crippen LogP contribution in [0.3, 0.4) is 0 Å². The molecular formula is C26H35NO2. The Morgan fingerprint density at radius 1 is 1.14 bits per heavy atom. The first kappa shape index (κ1) is 21.4. The van der Waals surface area contributed by atoms with Crippen LogP contribution in [-0.4, -0.2) is 32.1 Å². The highest BCUT2D eigenvalue weighted by molar-refractivity contribution is 5.67. The number of hydrogen-bond donors (Lipinski definition) is 0. The topological polar surface area (TPSA) is 21.7 Å². The highest BCUT2D eigenvalue weighted by Crippen LogP contribution is 2.49. The van der Waals surface area contributed by atoms with Gasteiger partial charge in [-0.3, -0.25) is 0 Å². The van der Waals surface area contributed by atoms with Gasteiger partial charge in [0.15, 0.2) is 11.5 Å². The predicted molar refractivity (Wildman–Crippen MR) is 122 cm³/mol. The van der Waals surface area contributed by atoms with Gasteiger partial charge in [-0.1, -0.05) is 68.8 Å². The first-order valence-electron chi connectivity index (χ1n) is 10.7. The minimum atomic E-state index is 0.0996. The minimum Gasteiger partial charge on any atom is -0.493 e. The van der Waals surface area contributed by atoms with Crippen LogP contribution in [0.1, 0.15) is 55.7 Å². The number of ether oxygens (including phenoxy) is 2. The van der Waals surface area contributed by atoms with Gasteiger partial charge >= 0.3 is 0 Å². The molecule has 0 aliphatic heterocycles. The highest BCUT2D eigenvalue weighted by atomic mass is 16.5. The molecule has 1 aliphatic rings. The third kappa shape index (κ3) is 4.20. The number of likely N-dealkylation sites (N-methyl/N-ethyl adjacent to an activating group) is 1. The van der Waals surface area contributed by atoms with Crippen LogP contribution in [0.15, 0.2) is 49.0 Å². The molecule has 0 amide bonds. The molecule has 2 atom stereocenters. The summed E-state index contributed by atoms with van der Waals surface area (Å²) in [6.45, 7) is 7.00. The van der Waals surface area contributed by atoms with Gasteiger partial charge < -0.3 is 14.4 Å². The minimum absolute atomic E-state index is 0.0996. The lowest BCUT2D eigenvalue weighted by molar-refractivity contribution is 0.115. The molecule has 0 heterocycles. The van der Waals surface area contributed by atoms with Gasteiger partial charge in [-0.25, -0.2) is 0 Å². The monoisotopic (exact) mass is 393 g/mol.